The van der Waals surface area contributed by atoms with Crippen LogP contribution in [0.2, 0.25) is 0 Å². The quantitative estimate of drug-likeness (QED) is 0.636. The Balaban J connectivity index is 1.61. The number of aromatic nitrogens is 3. The van der Waals surface area contributed by atoms with Gasteiger partial charge in [-0.3, -0.25) is 0 Å². The van der Waals surface area contributed by atoms with Crippen LogP contribution < -0.4 is 10.6 Å². The first-order chi connectivity index (χ1) is 14.2. The van der Waals surface area contributed by atoms with E-state index < -0.39 is 0 Å². The van der Waals surface area contributed by atoms with Gasteiger partial charge in [-0.15, -0.1) is 5.10 Å². The minimum Gasteiger partial charge on any atom is -0.508 e. The van der Waals surface area contributed by atoms with E-state index in [2.05, 4.69) is 45.2 Å². The number of fused-ring (bicyclic) bond motifs is 3. The van der Waals surface area contributed by atoms with Gasteiger partial charge < -0.3 is 15.7 Å². The number of benzene rings is 2. The van der Waals surface area contributed by atoms with Gasteiger partial charge in [0, 0.05) is 30.4 Å². The average Bonchev–Trinajstić information content (AvgIpc) is 3.03. The Hall–Kier alpha value is -3.12. The highest BCUT2D eigenvalue weighted by Gasteiger charge is 2.26. The first-order valence-corrected chi connectivity index (χ1v) is 10.2. The summed E-state index contributed by atoms with van der Waals surface area (Å²) in [6.45, 7) is 4.76. The Bertz CT molecular complexity index is 1080. The molecule has 0 bridgehead atoms. The maximum atomic E-state index is 9.88. The largest absolute Gasteiger partial charge is 0.508 e. The smallest absolute Gasteiger partial charge is 0.117 e. The lowest BCUT2D eigenvalue weighted by molar-refractivity contribution is 0.475. The van der Waals surface area contributed by atoms with Crippen LogP contribution in [0.3, 0.4) is 0 Å². The Labute approximate surface area is 170 Å². The molecule has 29 heavy (non-hydrogen) atoms. The molecule has 2 aliphatic heterocycles. The molecule has 0 amide bonds. The molecule has 1 atom stereocenters. The summed E-state index contributed by atoms with van der Waals surface area (Å²) >= 11 is 0. The summed E-state index contributed by atoms with van der Waals surface area (Å²) in [7, 11) is 0. The summed E-state index contributed by atoms with van der Waals surface area (Å²) in [5, 5.41) is 25.6. The molecule has 0 saturated heterocycles. The van der Waals surface area contributed by atoms with E-state index >= 15 is 0 Å². The molecule has 0 radical (unpaired) electrons. The molecular formula is C23H25N5O. The number of nitrogens with one attached hydrogen (secondary N) is 2. The van der Waals surface area contributed by atoms with E-state index in [1.165, 1.54) is 22.3 Å². The molecule has 3 N–H and O–H groups in total. The van der Waals surface area contributed by atoms with Gasteiger partial charge in [0.05, 0.1) is 17.4 Å². The lowest BCUT2D eigenvalue weighted by Gasteiger charge is -2.22. The van der Waals surface area contributed by atoms with Gasteiger partial charge >= 0.3 is 0 Å². The van der Waals surface area contributed by atoms with E-state index in [1.807, 2.05) is 23.7 Å². The van der Waals surface area contributed by atoms with E-state index in [0.29, 0.717) is 0 Å². The number of aryl methyl sites for hydroxylation is 2. The molecule has 148 valence electrons. The summed E-state index contributed by atoms with van der Waals surface area (Å²) in [6.07, 6.45) is 4.22. The monoisotopic (exact) mass is 387 g/mol. The third kappa shape index (κ3) is 3.40. The first kappa shape index (κ1) is 17.9. The topological polar surface area (TPSA) is 75.0 Å². The summed E-state index contributed by atoms with van der Waals surface area (Å²) in [4.78, 5) is 0. The molecule has 3 heterocycles. The minimum atomic E-state index is 0.121. The zero-order chi connectivity index (χ0) is 19.8. The second kappa shape index (κ2) is 7.37. The Morgan fingerprint density at radius 2 is 2.14 bits per heavy atom. The molecule has 5 rings (SSSR count). The van der Waals surface area contributed by atoms with Gasteiger partial charge in [-0.1, -0.05) is 29.5 Å². The van der Waals surface area contributed by atoms with Crippen LogP contribution in [-0.4, -0.2) is 33.2 Å². The molecule has 0 spiro atoms. The highest BCUT2D eigenvalue weighted by molar-refractivity contribution is 5.74. The number of nitrogens with zero attached hydrogens (tertiary/aromatic N) is 3. The fourth-order valence-electron chi connectivity index (χ4n) is 4.40. The third-order valence-corrected chi connectivity index (χ3v) is 5.84. The highest BCUT2D eigenvalue weighted by Crippen LogP contribution is 2.38. The van der Waals surface area contributed by atoms with E-state index in [1.54, 1.807) is 12.1 Å². The number of phenolic OH excluding ortho intramolecular Hbond substituents is 1. The van der Waals surface area contributed by atoms with Crippen molar-refractivity contribution in [1.29, 1.82) is 0 Å². The molecule has 0 aliphatic carbocycles. The average molecular weight is 387 g/mol. The van der Waals surface area contributed by atoms with Crippen molar-refractivity contribution in [3.8, 4) is 17.0 Å². The predicted octanol–water partition coefficient (Wildman–Crippen LogP) is 3.89. The van der Waals surface area contributed by atoms with E-state index in [4.69, 9.17) is 0 Å². The molecule has 1 unspecified atom stereocenters. The molecule has 0 saturated carbocycles. The third-order valence-electron chi connectivity index (χ3n) is 5.84. The summed E-state index contributed by atoms with van der Waals surface area (Å²) in [5.74, 6) is 0.269. The molecule has 2 aliphatic rings. The van der Waals surface area contributed by atoms with Gasteiger partial charge in [0.1, 0.15) is 5.75 Å². The second-order valence-electron chi connectivity index (χ2n) is 7.77. The number of hydrogen-bond acceptors (Lipinski definition) is 5. The Morgan fingerprint density at radius 3 is 2.97 bits per heavy atom. The van der Waals surface area contributed by atoms with Crippen LogP contribution in [0.5, 0.6) is 5.75 Å². The number of hydrogen-bond donors (Lipinski definition) is 3. The van der Waals surface area contributed by atoms with Crippen LogP contribution in [-0.2, 0) is 6.54 Å². The zero-order valence-corrected chi connectivity index (χ0v) is 16.5. The van der Waals surface area contributed by atoms with Crippen LogP contribution >= 0.6 is 0 Å². The van der Waals surface area contributed by atoms with Crippen LogP contribution in [0.15, 0.2) is 48.5 Å². The van der Waals surface area contributed by atoms with Crippen molar-refractivity contribution in [2.45, 2.75) is 32.4 Å². The van der Waals surface area contributed by atoms with Crippen molar-refractivity contribution in [1.82, 2.24) is 20.3 Å². The summed E-state index contributed by atoms with van der Waals surface area (Å²) < 4.78 is 2.02. The van der Waals surface area contributed by atoms with Gasteiger partial charge in [0.2, 0.25) is 0 Å². The maximum Gasteiger partial charge on any atom is 0.117 e. The second-order valence-corrected chi connectivity index (χ2v) is 7.77. The number of rotatable bonds is 3. The lowest BCUT2D eigenvalue weighted by Crippen LogP contribution is -2.20. The van der Waals surface area contributed by atoms with Gasteiger partial charge in [0.25, 0.3) is 0 Å². The van der Waals surface area contributed by atoms with E-state index in [9.17, 15) is 5.11 Å². The van der Waals surface area contributed by atoms with Crippen molar-refractivity contribution >= 4 is 11.3 Å². The molecule has 3 aromatic rings. The van der Waals surface area contributed by atoms with Crippen LogP contribution in [0.1, 0.15) is 35.7 Å². The van der Waals surface area contributed by atoms with Crippen molar-refractivity contribution in [2.75, 3.05) is 18.4 Å². The highest BCUT2D eigenvalue weighted by atomic mass is 16.3. The molecular weight excluding hydrogens is 362 g/mol. The minimum absolute atomic E-state index is 0.121. The first-order valence-electron chi connectivity index (χ1n) is 10.2. The van der Waals surface area contributed by atoms with Crippen molar-refractivity contribution < 1.29 is 5.11 Å². The van der Waals surface area contributed by atoms with Crippen LogP contribution in [0.4, 0.5) is 5.69 Å². The standard InChI is InChI=1S/C23H25N5O/c1-15-23-20-6-5-17(16-7-10-24-11-8-16)13-21(20)22(9-12-28(23)27-26-15)25-18-3-2-4-19(29)14-18/h2-7,13-14,22,24-25,29H,8-12H2,1H3. The molecule has 1 aromatic heterocycles. The van der Waals surface area contributed by atoms with Gasteiger partial charge in [-0.25, -0.2) is 4.68 Å². The molecule has 6 nitrogen and oxygen atoms in total. The van der Waals surface area contributed by atoms with E-state index in [0.717, 1.165) is 49.6 Å². The Kier molecular flexibility index (Phi) is 4.56. The number of anilines is 1. The number of phenols is 1. The summed E-state index contributed by atoms with van der Waals surface area (Å²) in [5.41, 5.74) is 8.10. The van der Waals surface area contributed by atoms with E-state index in [-0.39, 0.29) is 11.8 Å². The molecule has 0 fully saturated rings. The fourth-order valence-corrected chi connectivity index (χ4v) is 4.40. The SMILES string of the molecule is Cc1nnn2c1-c1ccc(C3=CCNCC3)cc1C(Nc1cccc(O)c1)CC2. The Morgan fingerprint density at radius 1 is 1.21 bits per heavy atom. The van der Waals surface area contributed by atoms with Crippen LogP contribution in [0.25, 0.3) is 16.8 Å². The van der Waals surface area contributed by atoms with Crippen molar-refractivity contribution in [3.63, 3.8) is 0 Å². The number of aromatic hydroxyl groups is 1. The zero-order valence-electron chi connectivity index (χ0n) is 16.5. The molecule has 6 heteroatoms. The predicted molar refractivity (Wildman–Crippen MR) is 115 cm³/mol. The van der Waals surface area contributed by atoms with Gasteiger partial charge in [-0.05, 0) is 61.2 Å². The normalized spacial score (nSPS) is 18.4. The maximum absolute atomic E-state index is 9.88. The lowest BCUT2D eigenvalue weighted by atomic mass is 9.90. The van der Waals surface area contributed by atoms with Crippen molar-refractivity contribution in [3.05, 3.63) is 65.4 Å². The van der Waals surface area contributed by atoms with Gasteiger partial charge in [0.15, 0.2) is 0 Å². The molecule has 2 aromatic carbocycles. The van der Waals surface area contributed by atoms with Crippen molar-refractivity contribution in [2.24, 2.45) is 0 Å². The summed E-state index contributed by atoms with van der Waals surface area (Å²) in [6, 6.07) is 14.2. The fraction of sp³-hybridized carbons (Fsp3) is 0.304. The van der Waals surface area contributed by atoms with Gasteiger partial charge in [-0.2, -0.15) is 0 Å². The van der Waals surface area contributed by atoms with Crippen LogP contribution in [0, 0.1) is 6.92 Å².